The molecule has 84 valence electrons. The normalized spacial score (nSPS) is 9.94. The summed E-state index contributed by atoms with van der Waals surface area (Å²) in [4.78, 5) is 10.9. The fourth-order valence-corrected chi connectivity index (χ4v) is 1.32. The number of rotatable bonds is 3. The molecular formula is C9H5F2NO3S. The first kappa shape index (κ1) is 12.3. The highest BCUT2D eigenvalue weighted by Crippen LogP contribution is 2.27. The standard InChI is InChI=1S/C9H5F2NO3S/c10-9(11)15-7-2-4(16)1-5(8(13)14)6(7)3-12/h1-2,9,16H,(H,13,14). The third-order valence-electron chi connectivity index (χ3n) is 1.65. The highest BCUT2D eigenvalue weighted by atomic mass is 32.1. The van der Waals surface area contributed by atoms with Gasteiger partial charge in [-0.1, -0.05) is 0 Å². The minimum Gasteiger partial charge on any atom is -0.478 e. The third kappa shape index (κ3) is 2.61. The van der Waals surface area contributed by atoms with E-state index in [1.807, 2.05) is 0 Å². The van der Waals surface area contributed by atoms with Crippen molar-refractivity contribution in [2.24, 2.45) is 0 Å². The molecule has 1 aromatic carbocycles. The van der Waals surface area contributed by atoms with Crippen molar-refractivity contribution in [1.29, 1.82) is 5.26 Å². The van der Waals surface area contributed by atoms with E-state index < -0.39 is 29.5 Å². The fourth-order valence-electron chi connectivity index (χ4n) is 1.07. The van der Waals surface area contributed by atoms with Crippen LogP contribution in [0.25, 0.3) is 0 Å². The first-order valence-corrected chi connectivity index (χ1v) is 4.35. The molecule has 1 aromatic rings. The van der Waals surface area contributed by atoms with Gasteiger partial charge in [-0.05, 0) is 12.1 Å². The van der Waals surface area contributed by atoms with Crippen LogP contribution in [-0.4, -0.2) is 17.7 Å². The lowest BCUT2D eigenvalue weighted by Gasteiger charge is -2.09. The molecule has 0 saturated carbocycles. The molecule has 0 amide bonds. The largest absolute Gasteiger partial charge is 0.478 e. The van der Waals surface area contributed by atoms with E-state index in [1.165, 1.54) is 6.07 Å². The van der Waals surface area contributed by atoms with Gasteiger partial charge in [-0.2, -0.15) is 14.0 Å². The van der Waals surface area contributed by atoms with Gasteiger partial charge in [0.05, 0.1) is 5.56 Å². The average Bonchev–Trinajstić information content (AvgIpc) is 2.15. The van der Waals surface area contributed by atoms with E-state index in [4.69, 9.17) is 10.4 Å². The Labute approximate surface area is 94.5 Å². The Balaban J connectivity index is 3.37. The number of nitrogens with zero attached hydrogens (tertiary/aromatic N) is 1. The maximum atomic E-state index is 12.0. The average molecular weight is 245 g/mol. The van der Waals surface area contributed by atoms with Gasteiger partial charge in [-0.25, -0.2) is 4.79 Å². The van der Waals surface area contributed by atoms with E-state index in [2.05, 4.69) is 17.4 Å². The van der Waals surface area contributed by atoms with Crippen LogP contribution in [-0.2, 0) is 0 Å². The topological polar surface area (TPSA) is 70.3 Å². The van der Waals surface area contributed by atoms with E-state index in [0.717, 1.165) is 12.1 Å². The van der Waals surface area contributed by atoms with Gasteiger partial charge >= 0.3 is 12.6 Å². The molecule has 0 fully saturated rings. The minimum atomic E-state index is -3.14. The quantitative estimate of drug-likeness (QED) is 0.800. The number of carboxylic acids is 1. The molecular weight excluding hydrogens is 240 g/mol. The van der Waals surface area contributed by atoms with Gasteiger partial charge in [0.1, 0.15) is 17.4 Å². The molecule has 0 atom stereocenters. The van der Waals surface area contributed by atoms with Crippen molar-refractivity contribution in [2.45, 2.75) is 11.5 Å². The summed E-state index contributed by atoms with van der Waals surface area (Å²) in [6, 6.07) is 3.65. The molecule has 16 heavy (non-hydrogen) atoms. The summed E-state index contributed by atoms with van der Waals surface area (Å²) in [5, 5.41) is 17.4. The van der Waals surface area contributed by atoms with Gasteiger partial charge in [-0.3, -0.25) is 0 Å². The molecule has 4 nitrogen and oxygen atoms in total. The Morgan fingerprint density at radius 1 is 1.56 bits per heavy atom. The highest BCUT2D eigenvalue weighted by molar-refractivity contribution is 7.80. The maximum Gasteiger partial charge on any atom is 0.387 e. The van der Waals surface area contributed by atoms with Crippen molar-refractivity contribution < 1.29 is 23.4 Å². The number of aromatic carboxylic acids is 1. The zero-order valence-corrected chi connectivity index (χ0v) is 8.54. The van der Waals surface area contributed by atoms with Crippen LogP contribution in [0, 0.1) is 11.3 Å². The molecule has 0 aliphatic rings. The SMILES string of the molecule is N#Cc1c(OC(F)F)cc(S)cc1C(=O)O. The first-order chi connectivity index (χ1) is 7.45. The molecule has 0 aromatic heterocycles. The maximum absolute atomic E-state index is 12.0. The van der Waals surface area contributed by atoms with Gasteiger partial charge in [0.2, 0.25) is 0 Å². The third-order valence-corrected chi connectivity index (χ3v) is 1.90. The van der Waals surface area contributed by atoms with E-state index in [0.29, 0.717) is 0 Å². The van der Waals surface area contributed by atoms with Crippen molar-refractivity contribution in [3.63, 3.8) is 0 Å². The number of benzene rings is 1. The highest BCUT2D eigenvalue weighted by Gasteiger charge is 2.18. The van der Waals surface area contributed by atoms with Crippen LogP contribution in [0.1, 0.15) is 15.9 Å². The summed E-state index contributed by atoms with van der Waals surface area (Å²) in [5.74, 6) is -1.91. The summed E-state index contributed by atoms with van der Waals surface area (Å²) >= 11 is 3.83. The summed E-state index contributed by atoms with van der Waals surface area (Å²) < 4.78 is 28.0. The number of carboxylic acid groups (broad SMARTS) is 1. The van der Waals surface area contributed by atoms with Crippen LogP contribution in [0.5, 0.6) is 5.75 Å². The van der Waals surface area contributed by atoms with Gasteiger partial charge < -0.3 is 9.84 Å². The monoisotopic (exact) mass is 245 g/mol. The summed E-state index contributed by atoms with van der Waals surface area (Å²) in [5.41, 5.74) is -0.878. The van der Waals surface area contributed by atoms with Crippen LogP contribution in [0.3, 0.4) is 0 Å². The minimum absolute atomic E-state index is 0.118. The second-order valence-corrected chi connectivity index (χ2v) is 3.18. The molecule has 7 heteroatoms. The van der Waals surface area contributed by atoms with Gasteiger partial charge in [0.25, 0.3) is 0 Å². The molecule has 0 bridgehead atoms. The lowest BCUT2D eigenvalue weighted by atomic mass is 10.1. The molecule has 1 rings (SSSR count). The van der Waals surface area contributed by atoms with Gasteiger partial charge in [-0.15, -0.1) is 12.6 Å². The van der Waals surface area contributed by atoms with Crippen LogP contribution in [0.15, 0.2) is 17.0 Å². The van der Waals surface area contributed by atoms with E-state index >= 15 is 0 Å². The van der Waals surface area contributed by atoms with Crippen LogP contribution < -0.4 is 4.74 Å². The van der Waals surface area contributed by atoms with Crippen molar-refractivity contribution in [3.8, 4) is 11.8 Å². The number of halogens is 2. The number of hydrogen-bond acceptors (Lipinski definition) is 4. The first-order valence-electron chi connectivity index (χ1n) is 3.91. The Morgan fingerprint density at radius 3 is 2.62 bits per heavy atom. The number of thiol groups is 1. The van der Waals surface area contributed by atoms with Crippen LogP contribution in [0.2, 0.25) is 0 Å². The van der Waals surface area contributed by atoms with Crippen molar-refractivity contribution in [1.82, 2.24) is 0 Å². The fraction of sp³-hybridized carbons (Fsp3) is 0.111. The lowest BCUT2D eigenvalue weighted by Crippen LogP contribution is -2.07. The number of hydrogen-bond donors (Lipinski definition) is 2. The summed E-state index contributed by atoms with van der Waals surface area (Å²) in [6.07, 6.45) is 0. The second kappa shape index (κ2) is 4.81. The molecule has 0 saturated heterocycles. The molecule has 0 aliphatic heterocycles. The Morgan fingerprint density at radius 2 is 2.19 bits per heavy atom. The van der Waals surface area contributed by atoms with E-state index in [9.17, 15) is 13.6 Å². The predicted molar refractivity (Wildman–Crippen MR) is 52.0 cm³/mol. The van der Waals surface area contributed by atoms with Crippen molar-refractivity contribution in [3.05, 3.63) is 23.3 Å². The number of carbonyl (C=O) groups is 1. The van der Waals surface area contributed by atoms with Gasteiger partial charge in [0, 0.05) is 4.90 Å². The number of alkyl halides is 2. The Hall–Kier alpha value is -1.81. The smallest absolute Gasteiger partial charge is 0.387 e. The zero-order valence-electron chi connectivity index (χ0n) is 7.65. The molecule has 1 N–H and O–H groups in total. The van der Waals surface area contributed by atoms with Crippen molar-refractivity contribution in [2.75, 3.05) is 0 Å². The molecule has 0 unspecified atom stereocenters. The second-order valence-electron chi connectivity index (χ2n) is 2.66. The van der Waals surface area contributed by atoms with E-state index in [-0.39, 0.29) is 4.90 Å². The predicted octanol–water partition coefficient (Wildman–Crippen LogP) is 2.15. The zero-order chi connectivity index (χ0) is 12.3. The Kier molecular flexibility index (Phi) is 3.68. The van der Waals surface area contributed by atoms with Crippen LogP contribution >= 0.6 is 12.6 Å². The number of ether oxygens (including phenoxy) is 1. The summed E-state index contributed by atoms with van der Waals surface area (Å²) in [7, 11) is 0. The summed E-state index contributed by atoms with van der Waals surface area (Å²) in [6.45, 7) is -3.14. The molecule has 0 heterocycles. The number of nitriles is 1. The molecule has 0 aliphatic carbocycles. The van der Waals surface area contributed by atoms with Crippen molar-refractivity contribution >= 4 is 18.6 Å². The van der Waals surface area contributed by atoms with Crippen LogP contribution in [0.4, 0.5) is 8.78 Å². The molecule has 0 radical (unpaired) electrons. The van der Waals surface area contributed by atoms with E-state index in [1.54, 1.807) is 0 Å². The Bertz CT molecular complexity index is 471. The molecule has 0 spiro atoms. The van der Waals surface area contributed by atoms with Gasteiger partial charge in [0.15, 0.2) is 0 Å². The lowest BCUT2D eigenvalue weighted by molar-refractivity contribution is -0.0502.